The van der Waals surface area contributed by atoms with E-state index in [0.717, 1.165) is 16.8 Å². The summed E-state index contributed by atoms with van der Waals surface area (Å²) in [7, 11) is 0. The molecule has 2 aromatic rings. The van der Waals surface area contributed by atoms with Crippen LogP contribution < -0.4 is 5.32 Å². The highest BCUT2D eigenvalue weighted by Gasteiger charge is 2.21. The molecule has 1 aliphatic heterocycles. The van der Waals surface area contributed by atoms with Crippen molar-refractivity contribution in [1.82, 2.24) is 19.7 Å². The van der Waals surface area contributed by atoms with E-state index >= 15 is 0 Å². The van der Waals surface area contributed by atoms with Crippen LogP contribution in [0.5, 0.6) is 0 Å². The number of aromatic nitrogens is 4. The monoisotopic (exact) mass is 261 g/mol. The molecule has 0 bridgehead atoms. The first-order valence-electron chi connectivity index (χ1n) is 6.00. The van der Waals surface area contributed by atoms with E-state index in [9.17, 15) is 0 Å². The van der Waals surface area contributed by atoms with Gasteiger partial charge < -0.3 is 5.32 Å². The molecule has 6 heteroatoms. The van der Waals surface area contributed by atoms with Gasteiger partial charge in [0.25, 0.3) is 0 Å². The van der Waals surface area contributed by atoms with Crippen LogP contribution in [0.3, 0.4) is 0 Å². The fourth-order valence-corrected chi connectivity index (χ4v) is 3.24. The maximum atomic E-state index is 4.37. The maximum Gasteiger partial charge on any atom is 0.155 e. The van der Waals surface area contributed by atoms with Crippen LogP contribution in [0.4, 0.5) is 5.69 Å². The molecule has 0 amide bonds. The molecule has 2 aromatic heterocycles. The summed E-state index contributed by atoms with van der Waals surface area (Å²) in [5.41, 5.74) is 1.07. The lowest BCUT2D eigenvalue weighted by atomic mass is 10.2. The molecule has 0 spiro atoms. The van der Waals surface area contributed by atoms with Gasteiger partial charge in [0, 0.05) is 17.0 Å². The molecule has 3 heterocycles. The predicted octanol–water partition coefficient (Wildman–Crippen LogP) is 1.97. The normalized spacial score (nSPS) is 23.2. The van der Waals surface area contributed by atoms with Gasteiger partial charge in [0.15, 0.2) is 5.82 Å². The van der Waals surface area contributed by atoms with Gasteiger partial charge in [-0.25, -0.2) is 14.6 Å². The van der Waals surface area contributed by atoms with Crippen molar-refractivity contribution in [1.29, 1.82) is 0 Å². The lowest BCUT2D eigenvalue weighted by Gasteiger charge is -2.13. The highest BCUT2D eigenvalue weighted by atomic mass is 32.2. The molecule has 5 nitrogen and oxygen atoms in total. The van der Waals surface area contributed by atoms with Crippen LogP contribution in [0.15, 0.2) is 31.0 Å². The van der Waals surface area contributed by atoms with E-state index in [0.29, 0.717) is 6.04 Å². The largest absolute Gasteiger partial charge is 0.380 e. The molecule has 1 fully saturated rings. The Hall–Kier alpha value is -1.56. The summed E-state index contributed by atoms with van der Waals surface area (Å²) in [5, 5.41) is 8.32. The number of nitrogens with one attached hydrogen (secondary N) is 1. The highest BCUT2D eigenvalue weighted by molar-refractivity contribution is 8.00. The molecule has 2 unspecified atom stereocenters. The summed E-state index contributed by atoms with van der Waals surface area (Å²) in [5.74, 6) is 1.96. The van der Waals surface area contributed by atoms with Crippen LogP contribution in [0, 0.1) is 0 Å². The Morgan fingerprint density at radius 2 is 2.39 bits per heavy atom. The van der Waals surface area contributed by atoms with Crippen molar-refractivity contribution in [2.45, 2.75) is 24.6 Å². The second-order valence-corrected chi connectivity index (χ2v) is 5.94. The molecular formula is C12H15N5S. The van der Waals surface area contributed by atoms with Gasteiger partial charge in [0.05, 0.1) is 11.9 Å². The van der Waals surface area contributed by atoms with E-state index in [4.69, 9.17) is 0 Å². The van der Waals surface area contributed by atoms with Crippen LogP contribution >= 0.6 is 11.8 Å². The van der Waals surface area contributed by atoms with E-state index < -0.39 is 0 Å². The summed E-state index contributed by atoms with van der Waals surface area (Å²) in [6.07, 6.45) is 6.22. The highest BCUT2D eigenvalue weighted by Crippen LogP contribution is 2.28. The third-order valence-corrected chi connectivity index (χ3v) is 4.33. The fraction of sp³-hybridized carbons (Fsp3) is 0.417. The van der Waals surface area contributed by atoms with Crippen molar-refractivity contribution >= 4 is 17.4 Å². The smallest absolute Gasteiger partial charge is 0.155 e. The Morgan fingerprint density at radius 1 is 1.44 bits per heavy atom. The Kier molecular flexibility index (Phi) is 3.19. The molecule has 18 heavy (non-hydrogen) atoms. The molecule has 2 atom stereocenters. The molecule has 94 valence electrons. The van der Waals surface area contributed by atoms with Gasteiger partial charge in [0.1, 0.15) is 12.7 Å². The Bertz CT molecular complexity index is 496. The van der Waals surface area contributed by atoms with Crippen LogP contribution in [-0.4, -0.2) is 36.8 Å². The number of hydrogen-bond donors (Lipinski definition) is 1. The summed E-state index contributed by atoms with van der Waals surface area (Å²) in [6.45, 7) is 2.28. The minimum atomic E-state index is 0.559. The maximum absolute atomic E-state index is 4.37. The Labute approximate surface area is 110 Å². The average Bonchev–Trinajstić information content (AvgIpc) is 3.02. The lowest BCUT2D eigenvalue weighted by Crippen LogP contribution is -2.19. The summed E-state index contributed by atoms with van der Waals surface area (Å²) in [6, 6.07) is 4.55. The Morgan fingerprint density at radius 3 is 3.00 bits per heavy atom. The average molecular weight is 261 g/mol. The number of anilines is 1. The first kappa shape index (κ1) is 11.5. The van der Waals surface area contributed by atoms with Crippen molar-refractivity contribution < 1.29 is 0 Å². The second kappa shape index (κ2) is 4.97. The summed E-state index contributed by atoms with van der Waals surface area (Å²) < 4.78 is 1.65. The van der Waals surface area contributed by atoms with Gasteiger partial charge >= 0.3 is 0 Å². The molecule has 1 N–H and O–H groups in total. The van der Waals surface area contributed by atoms with Crippen LogP contribution in [0.2, 0.25) is 0 Å². The van der Waals surface area contributed by atoms with Crippen molar-refractivity contribution in [3.63, 3.8) is 0 Å². The van der Waals surface area contributed by atoms with Crippen molar-refractivity contribution in [3.05, 3.63) is 31.0 Å². The number of thioether (sulfide) groups is 1. The zero-order valence-electron chi connectivity index (χ0n) is 10.2. The van der Waals surface area contributed by atoms with E-state index in [-0.39, 0.29) is 0 Å². The molecule has 3 rings (SSSR count). The minimum absolute atomic E-state index is 0.559. The zero-order chi connectivity index (χ0) is 12.4. The molecule has 0 saturated carbocycles. The van der Waals surface area contributed by atoms with Crippen molar-refractivity contribution in [2.75, 3.05) is 11.1 Å². The molecule has 1 saturated heterocycles. The first-order chi connectivity index (χ1) is 8.81. The quantitative estimate of drug-likeness (QED) is 0.915. The van der Waals surface area contributed by atoms with Gasteiger partial charge in [-0.05, 0) is 18.6 Å². The zero-order valence-corrected chi connectivity index (χ0v) is 11.0. The Balaban J connectivity index is 1.68. The van der Waals surface area contributed by atoms with Crippen LogP contribution in [0.25, 0.3) is 5.82 Å². The van der Waals surface area contributed by atoms with Gasteiger partial charge in [-0.3, -0.25) is 0 Å². The SMILES string of the molecule is CC1CC(Nc2ccc(-n3cncn3)nc2)CS1. The van der Waals surface area contributed by atoms with Gasteiger partial charge in [0.2, 0.25) is 0 Å². The predicted molar refractivity (Wildman–Crippen MR) is 73.1 cm³/mol. The number of pyridine rings is 1. The standard InChI is InChI=1S/C12H15N5S/c1-9-4-11(6-18-9)16-10-2-3-12(14-5-10)17-8-13-7-15-17/h2-3,5,7-9,11,16H,4,6H2,1H3. The molecular weight excluding hydrogens is 246 g/mol. The topological polar surface area (TPSA) is 55.6 Å². The molecule has 0 aromatic carbocycles. The van der Waals surface area contributed by atoms with Gasteiger partial charge in [-0.1, -0.05) is 6.92 Å². The van der Waals surface area contributed by atoms with E-state index in [2.05, 4.69) is 27.3 Å². The van der Waals surface area contributed by atoms with Crippen molar-refractivity contribution in [3.8, 4) is 5.82 Å². The fourth-order valence-electron chi connectivity index (χ4n) is 2.09. The number of nitrogens with zero attached hydrogens (tertiary/aromatic N) is 4. The first-order valence-corrected chi connectivity index (χ1v) is 7.05. The summed E-state index contributed by atoms with van der Waals surface area (Å²) in [4.78, 5) is 8.28. The number of hydrogen-bond acceptors (Lipinski definition) is 5. The van der Waals surface area contributed by atoms with E-state index in [1.165, 1.54) is 18.5 Å². The van der Waals surface area contributed by atoms with Crippen LogP contribution in [-0.2, 0) is 0 Å². The third-order valence-electron chi connectivity index (χ3n) is 2.97. The van der Waals surface area contributed by atoms with E-state index in [1.54, 1.807) is 11.0 Å². The third kappa shape index (κ3) is 2.48. The second-order valence-electron chi connectivity index (χ2n) is 4.47. The minimum Gasteiger partial charge on any atom is -0.380 e. The van der Waals surface area contributed by atoms with Crippen LogP contribution in [0.1, 0.15) is 13.3 Å². The molecule has 0 aliphatic carbocycles. The lowest BCUT2D eigenvalue weighted by molar-refractivity contribution is 0.746. The van der Waals surface area contributed by atoms with E-state index in [1.807, 2.05) is 30.1 Å². The van der Waals surface area contributed by atoms with Crippen molar-refractivity contribution in [2.24, 2.45) is 0 Å². The molecule has 1 aliphatic rings. The molecule has 0 radical (unpaired) electrons. The summed E-state index contributed by atoms with van der Waals surface area (Å²) >= 11 is 2.02. The number of rotatable bonds is 3. The van der Waals surface area contributed by atoms with Gasteiger partial charge in [-0.15, -0.1) is 0 Å². The van der Waals surface area contributed by atoms with Gasteiger partial charge in [-0.2, -0.15) is 16.9 Å².